The molecule has 0 unspecified atom stereocenters. The van der Waals surface area contributed by atoms with Crippen molar-refractivity contribution >= 4 is 23.1 Å². The van der Waals surface area contributed by atoms with Gasteiger partial charge in [-0.05, 0) is 18.1 Å². The van der Waals surface area contributed by atoms with Gasteiger partial charge in [0, 0.05) is 26.0 Å². The number of benzene rings is 2. The van der Waals surface area contributed by atoms with Gasteiger partial charge in [0.05, 0.1) is 29.9 Å². The van der Waals surface area contributed by atoms with Gasteiger partial charge in [-0.25, -0.2) is 14.8 Å². The number of ether oxygens (including phenoxy) is 3. The van der Waals surface area contributed by atoms with Gasteiger partial charge in [-0.2, -0.15) is 0 Å². The van der Waals surface area contributed by atoms with E-state index in [1.165, 1.54) is 0 Å². The predicted octanol–water partition coefficient (Wildman–Crippen LogP) is 4.46. The molecule has 0 atom stereocenters. The van der Waals surface area contributed by atoms with E-state index in [9.17, 15) is 9.90 Å². The zero-order valence-corrected chi connectivity index (χ0v) is 16.8. The largest absolute Gasteiger partial charge is 0.476 e. The minimum absolute atomic E-state index is 0.109. The molecule has 0 saturated heterocycles. The summed E-state index contributed by atoms with van der Waals surface area (Å²) in [7, 11) is 0. The van der Waals surface area contributed by atoms with Crippen molar-refractivity contribution in [3.63, 3.8) is 0 Å². The molecule has 7 nitrogen and oxygen atoms in total. The third-order valence-corrected chi connectivity index (χ3v) is 4.49. The molecule has 0 spiro atoms. The molecule has 7 heteroatoms. The lowest BCUT2D eigenvalue weighted by molar-refractivity contribution is -0.0431. The van der Waals surface area contributed by atoms with E-state index in [0.29, 0.717) is 42.2 Å². The molecule has 1 aromatic heterocycles. The Kier molecular flexibility index (Phi) is 5.37. The number of fused-ring (bicyclic) bond motifs is 2. The van der Waals surface area contributed by atoms with E-state index in [2.05, 4.69) is 9.97 Å². The van der Waals surface area contributed by atoms with Crippen LogP contribution in [0.15, 0.2) is 48.5 Å². The summed E-state index contributed by atoms with van der Waals surface area (Å²) in [5, 5.41) is 9.55. The average molecular weight is 406 g/mol. The van der Waals surface area contributed by atoms with Crippen molar-refractivity contribution in [2.45, 2.75) is 32.7 Å². The summed E-state index contributed by atoms with van der Waals surface area (Å²) in [4.78, 5) is 20.4. The van der Waals surface area contributed by atoms with Crippen molar-refractivity contribution < 1.29 is 24.1 Å². The van der Waals surface area contributed by atoms with Crippen LogP contribution in [0.4, 0.5) is 0 Å². The zero-order chi connectivity index (χ0) is 21.1. The summed E-state index contributed by atoms with van der Waals surface area (Å²) in [6.07, 6.45) is 4.13. The number of rotatable bonds is 7. The van der Waals surface area contributed by atoms with Crippen LogP contribution in [0.5, 0.6) is 11.5 Å². The van der Waals surface area contributed by atoms with Crippen molar-refractivity contribution in [3.05, 3.63) is 65.5 Å². The van der Waals surface area contributed by atoms with Crippen LogP contribution < -0.4 is 9.47 Å². The third kappa shape index (κ3) is 4.41. The molecule has 0 bridgehead atoms. The minimum atomic E-state index is -1.14. The number of aromatic carboxylic acids is 1. The van der Waals surface area contributed by atoms with Gasteiger partial charge in [0.15, 0.2) is 17.2 Å². The molecule has 1 aliphatic heterocycles. The van der Waals surface area contributed by atoms with Gasteiger partial charge < -0.3 is 19.3 Å². The standard InChI is InChI=1S/C23H22N2O5/c1-23(2)29-19-12-17-18(13-20(19)30-23)25-21(22(26)27)16(24-17)10-6-7-11-28-14-15-8-4-3-5-9-15/h3-6,8-10,12-13H,7,11,14H2,1-2H3,(H,26,27). The predicted molar refractivity (Wildman–Crippen MR) is 112 cm³/mol. The van der Waals surface area contributed by atoms with Crippen molar-refractivity contribution in [3.8, 4) is 11.5 Å². The zero-order valence-electron chi connectivity index (χ0n) is 16.8. The summed E-state index contributed by atoms with van der Waals surface area (Å²) in [5.41, 5.74) is 2.27. The van der Waals surface area contributed by atoms with Crippen LogP contribution >= 0.6 is 0 Å². The minimum Gasteiger partial charge on any atom is -0.476 e. The molecule has 2 aromatic carbocycles. The Morgan fingerprint density at radius 2 is 1.77 bits per heavy atom. The summed E-state index contributed by atoms with van der Waals surface area (Å²) >= 11 is 0. The summed E-state index contributed by atoms with van der Waals surface area (Å²) in [5.74, 6) is -0.828. The second-order valence-electron chi connectivity index (χ2n) is 7.38. The molecule has 30 heavy (non-hydrogen) atoms. The number of carboxylic acid groups (broad SMARTS) is 1. The highest BCUT2D eigenvalue weighted by atomic mass is 16.7. The molecule has 0 saturated carbocycles. The van der Waals surface area contributed by atoms with Gasteiger partial charge in [-0.3, -0.25) is 0 Å². The van der Waals surface area contributed by atoms with Crippen LogP contribution in [0.2, 0.25) is 0 Å². The summed E-state index contributed by atoms with van der Waals surface area (Å²) < 4.78 is 17.1. The molecule has 1 N–H and O–H groups in total. The molecule has 1 aliphatic rings. The SMILES string of the molecule is CC1(C)Oc2cc3nc(C=CCCOCc4ccccc4)c(C(=O)O)nc3cc2O1. The summed E-state index contributed by atoms with van der Waals surface area (Å²) in [6.45, 7) is 4.65. The lowest BCUT2D eigenvalue weighted by Crippen LogP contribution is -2.29. The van der Waals surface area contributed by atoms with E-state index in [1.807, 2.05) is 36.4 Å². The van der Waals surface area contributed by atoms with Crippen LogP contribution in [0.1, 0.15) is 42.0 Å². The highest BCUT2D eigenvalue weighted by Crippen LogP contribution is 2.41. The van der Waals surface area contributed by atoms with Crippen molar-refractivity contribution in [1.29, 1.82) is 0 Å². The first-order chi connectivity index (χ1) is 14.4. The molecular weight excluding hydrogens is 384 g/mol. The number of aromatic nitrogens is 2. The Balaban J connectivity index is 1.48. The maximum Gasteiger partial charge on any atom is 0.356 e. The van der Waals surface area contributed by atoms with Gasteiger partial charge in [-0.15, -0.1) is 0 Å². The fourth-order valence-corrected chi connectivity index (χ4v) is 3.17. The average Bonchev–Trinajstić information content (AvgIpc) is 3.01. The number of carbonyl (C=O) groups is 1. The Bertz CT molecular complexity index is 1110. The quantitative estimate of drug-likeness (QED) is 0.580. The van der Waals surface area contributed by atoms with E-state index in [1.54, 1.807) is 32.1 Å². The second-order valence-corrected chi connectivity index (χ2v) is 7.38. The molecule has 0 amide bonds. The van der Waals surface area contributed by atoms with E-state index in [0.717, 1.165) is 5.56 Å². The van der Waals surface area contributed by atoms with Crippen molar-refractivity contribution in [2.75, 3.05) is 6.61 Å². The van der Waals surface area contributed by atoms with Gasteiger partial charge in [-0.1, -0.05) is 36.4 Å². The Hall–Kier alpha value is -3.45. The molecule has 3 aromatic rings. The van der Waals surface area contributed by atoms with E-state index < -0.39 is 11.8 Å². The molecule has 0 radical (unpaired) electrons. The van der Waals surface area contributed by atoms with Crippen molar-refractivity contribution in [1.82, 2.24) is 9.97 Å². The Morgan fingerprint density at radius 3 is 2.43 bits per heavy atom. The normalized spacial score (nSPS) is 14.5. The van der Waals surface area contributed by atoms with Crippen molar-refractivity contribution in [2.24, 2.45) is 0 Å². The maximum absolute atomic E-state index is 11.7. The molecule has 4 rings (SSSR count). The third-order valence-electron chi connectivity index (χ3n) is 4.49. The topological polar surface area (TPSA) is 90.8 Å². The van der Waals surface area contributed by atoms with E-state index >= 15 is 0 Å². The first-order valence-corrected chi connectivity index (χ1v) is 9.67. The van der Waals surface area contributed by atoms with Crippen LogP contribution in [-0.4, -0.2) is 33.4 Å². The number of hydrogen-bond acceptors (Lipinski definition) is 6. The molecule has 2 heterocycles. The van der Waals surface area contributed by atoms with Crippen LogP contribution in [0, 0.1) is 0 Å². The molecule has 0 aliphatic carbocycles. The Morgan fingerprint density at radius 1 is 1.10 bits per heavy atom. The van der Waals surface area contributed by atoms with Gasteiger partial charge >= 0.3 is 5.97 Å². The number of hydrogen-bond donors (Lipinski definition) is 1. The van der Waals surface area contributed by atoms with Crippen LogP contribution in [-0.2, 0) is 11.3 Å². The van der Waals surface area contributed by atoms with Gasteiger partial charge in [0.2, 0.25) is 5.79 Å². The van der Waals surface area contributed by atoms with E-state index in [-0.39, 0.29) is 11.4 Å². The Labute approximate surface area is 173 Å². The fourth-order valence-electron chi connectivity index (χ4n) is 3.17. The highest BCUT2D eigenvalue weighted by molar-refractivity contribution is 5.92. The van der Waals surface area contributed by atoms with E-state index in [4.69, 9.17) is 14.2 Å². The fraction of sp³-hybridized carbons (Fsp3) is 0.261. The monoisotopic (exact) mass is 406 g/mol. The van der Waals surface area contributed by atoms with Crippen LogP contribution in [0.25, 0.3) is 17.1 Å². The van der Waals surface area contributed by atoms with Crippen LogP contribution in [0.3, 0.4) is 0 Å². The lowest BCUT2D eigenvalue weighted by Gasteiger charge is -2.16. The maximum atomic E-state index is 11.7. The number of nitrogens with zero attached hydrogens (tertiary/aromatic N) is 2. The first kappa shape index (κ1) is 19.8. The highest BCUT2D eigenvalue weighted by Gasteiger charge is 2.32. The van der Waals surface area contributed by atoms with Gasteiger partial charge in [0.1, 0.15) is 0 Å². The summed E-state index contributed by atoms with van der Waals surface area (Å²) in [6, 6.07) is 13.3. The lowest BCUT2D eigenvalue weighted by atomic mass is 10.2. The molecule has 0 fully saturated rings. The second kappa shape index (κ2) is 8.12. The number of carboxylic acids is 1. The van der Waals surface area contributed by atoms with Gasteiger partial charge in [0.25, 0.3) is 0 Å². The molecular formula is C23H22N2O5. The smallest absolute Gasteiger partial charge is 0.356 e. The first-order valence-electron chi connectivity index (χ1n) is 9.67. The molecule has 154 valence electrons.